The van der Waals surface area contributed by atoms with E-state index in [1.165, 1.54) is 32.4 Å². The van der Waals surface area contributed by atoms with Crippen LogP contribution in [0.15, 0.2) is 48.9 Å². The fourth-order valence-electron chi connectivity index (χ4n) is 2.76. The molecule has 1 heterocycles. The Kier molecular flexibility index (Phi) is 7.83. The van der Waals surface area contributed by atoms with E-state index in [0.717, 1.165) is 5.56 Å². The van der Waals surface area contributed by atoms with Crippen LogP contribution in [0, 0.1) is 0 Å². The normalized spacial score (nSPS) is 13.3. The zero-order valence-electron chi connectivity index (χ0n) is 16.3. The number of hydrogen-bond donors (Lipinski definition) is 5. The van der Waals surface area contributed by atoms with E-state index in [2.05, 4.69) is 20.6 Å². The van der Waals surface area contributed by atoms with Crippen molar-refractivity contribution in [3.05, 3.63) is 60.2 Å². The Morgan fingerprint density at radius 2 is 1.83 bits per heavy atom. The summed E-state index contributed by atoms with van der Waals surface area (Å²) in [5, 5.41) is 34.2. The summed E-state index contributed by atoms with van der Waals surface area (Å²) < 4.78 is 0. The second kappa shape index (κ2) is 10.1. The van der Waals surface area contributed by atoms with Crippen LogP contribution in [-0.4, -0.2) is 61.6 Å². The Labute approximate surface area is 169 Å². The zero-order valence-corrected chi connectivity index (χ0v) is 16.3. The van der Waals surface area contributed by atoms with Gasteiger partial charge in [-0.1, -0.05) is 30.3 Å². The van der Waals surface area contributed by atoms with Gasteiger partial charge in [0.1, 0.15) is 11.7 Å². The number of nitrogens with zero attached hydrogens (tertiary/aromatic N) is 2. The van der Waals surface area contributed by atoms with Crippen molar-refractivity contribution in [3.63, 3.8) is 0 Å². The topological polar surface area (TPSA) is 145 Å². The van der Waals surface area contributed by atoms with Gasteiger partial charge >= 0.3 is 7.12 Å². The summed E-state index contributed by atoms with van der Waals surface area (Å²) in [5.74, 6) is -2.32. The molecule has 2 rings (SSSR count). The Morgan fingerprint density at radius 3 is 2.38 bits per heavy atom. The van der Waals surface area contributed by atoms with Gasteiger partial charge in [-0.15, -0.1) is 0 Å². The Balaban J connectivity index is 2.18. The molecule has 0 spiro atoms. The first kappa shape index (κ1) is 22.5. The van der Waals surface area contributed by atoms with Crippen LogP contribution in [0.2, 0.25) is 0 Å². The van der Waals surface area contributed by atoms with Gasteiger partial charge in [-0.3, -0.25) is 14.6 Å². The van der Waals surface area contributed by atoms with Crippen LogP contribution in [0.25, 0.3) is 0 Å². The minimum atomic E-state index is -1.88. The standard InChI is InChI=1S/C19H25BN4O5/c1-19(2,27)11-16(20(28)29)24-17(25)14(10-13-6-4-3-5-7-13)23-18(26)15-12-21-8-9-22-15/h3-9,12,14,16,27-29H,10-11H2,1-2H3,(H,23,26)(H,24,25)/t14-,16+/m0/s1. The highest BCUT2D eigenvalue weighted by Crippen LogP contribution is 2.12. The van der Waals surface area contributed by atoms with Crippen LogP contribution in [0.4, 0.5) is 0 Å². The van der Waals surface area contributed by atoms with Gasteiger partial charge in [-0.2, -0.15) is 0 Å². The summed E-state index contributed by atoms with van der Waals surface area (Å²) in [5.41, 5.74) is -0.385. The molecular weight excluding hydrogens is 375 g/mol. The molecule has 2 amide bonds. The number of aliphatic hydroxyl groups is 1. The molecule has 29 heavy (non-hydrogen) atoms. The number of carbonyl (C=O) groups is 2. The van der Waals surface area contributed by atoms with E-state index >= 15 is 0 Å². The minimum absolute atomic E-state index is 0.0496. The summed E-state index contributed by atoms with van der Waals surface area (Å²) in [4.78, 5) is 33.1. The van der Waals surface area contributed by atoms with Gasteiger partial charge in [0.25, 0.3) is 5.91 Å². The van der Waals surface area contributed by atoms with E-state index in [0.29, 0.717) is 0 Å². The lowest BCUT2D eigenvalue weighted by molar-refractivity contribution is -0.123. The number of hydrogen-bond acceptors (Lipinski definition) is 7. The molecule has 1 aromatic carbocycles. The predicted octanol–water partition coefficient (Wildman–Crippen LogP) is -0.524. The zero-order chi connectivity index (χ0) is 21.4. The molecule has 0 radical (unpaired) electrons. The molecule has 2 aromatic rings. The number of benzene rings is 1. The van der Waals surface area contributed by atoms with Crippen LogP contribution in [-0.2, 0) is 11.2 Å². The molecule has 0 aliphatic carbocycles. The molecule has 10 heteroatoms. The molecule has 0 saturated heterocycles. The smallest absolute Gasteiger partial charge is 0.426 e. The first-order chi connectivity index (χ1) is 13.7. The summed E-state index contributed by atoms with van der Waals surface area (Å²) in [6, 6.07) is 8.06. The lowest BCUT2D eigenvalue weighted by Crippen LogP contribution is -2.56. The third-order valence-corrected chi connectivity index (χ3v) is 4.11. The van der Waals surface area contributed by atoms with Crippen molar-refractivity contribution in [1.29, 1.82) is 0 Å². The van der Waals surface area contributed by atoms with Crippen molar-refractivity contribution in [2.45, 2.75) is 44.3 Å². The number of aromatic nitrogens is 2. The Morgan fingerprint density at radius 1 is 1.14 bits per heavy atom. The lowest BCUT2D eigenvalue weighted by Gasteiger charge is -2.27. The second-order valence-corrected chi connectivity index (χ2v) is 7.35. The highest BCUT2D eigenvalue weighted by Gasteiger charge is 2.33. The summed E-state index contributed by atoms with van der Waals surface area (Å²) in [6.45, 7) is 2.98. The molecule has 0 unspecified atom stereocenters. The van der Waals surface area contributed by atoms with Gasteiger partial charge < -0.3 is 25.8 Å². The highest BCUT2D eigenvalue weighted by atomic mass is 16.4. The first-order valence-electron chi connectivity index (χ1n) is 9.15. The first-order valence-corrected chi connectivity index (χ1v) is 9.15. The molecule has 2 atom stereocenters. The molecule has 0 aliphatic heterocycles. The van der Waals surface area contributed by atoms with E-state index in [1.54, 1.807) is 0 Å². The average molecular weight is 400 g/mol. The van der Waals surface area contributed by atoms with Gasteiger partial charge in [-0.25, -0.2) is 4.98 Å². The van der Waals surface area contributed by atoms with E-state index in [9.17, 15) is 24.7 Å². The monoisotopic (exact) mass is 400 g/mol. The van der Waals surface area contributed by atoms with Gasteiger partial charge in [-0.05, 0) is 25.8 Å². The third kappa shape index (κ3) is 7.61. The fraction of sp³-hybridized carbons (Fsp3) is 0.368. The number of carbonyl (C=O) groups excluding carboxylic acids is 2. The number of amides is 2. The Hall–Kier alpha value is -2.82. The summed E-state index contributed by atoms with van der Waals surface area (Å²) >= 11 is 0. The molecule has 9 nitrogen and oxygen atoms in total. The van der Waals surface area contributed by atoms with Crippen molar-refractivity contribution in [2.75, 3.05) is 0 Å². The van der Waals surface area contributed by atoms with E-state index in [4.69, 9.17) is 0 Å². The maximum absolute atomic E-state index is 12.8. The van der Waals surface area contributed by atoms with Gasteiger partial charge in [0, 0.05) is 18.8 Å². The summed E-state index contributed by atoms with van der Waals surface area (Å²) in [7, 11) is -1.88. The van der Waals surface area contributed by atoms with E-state index < -0.39 is 36.5 Å². The lowest BCUT2D eigenvalue weighted by atomic mass is 9.74. The molecule has 154 valence electrons. The molecule has 0 bridgehead atoms. The van der Waals surface area contributed by atoms with Crippen molar-refractivity contribution >= 4 is 18.9 Å². The maximum atomic E-state index is 12.8. The predicted molar refractivity (Wildman–Crippen MR) is 106 cm³/mol. The van der Waals surface area contributed by atoms with E-state index in [-0.39, 0.29) is 18.5 Å². The van der Waals surface area contributed by atoms with E-state index in [1.807, 2.05) is 30.3 Å². The van der Waals surface area contributed by atoms with Crippen molar-refractivity contribution in [2.24, 2.45) is 0 Å². The molecule has 5 N–H and O–H groups in total. The number of nitrogens with one attached hydrogen (secondary N) is 2. The Bertz CT molecular complexity index is 799. The van der Waals surface area contributed by atoms with Crippen molar-refractivity contribution in [3.8, 4) is 0 Å². The maximum Gasteiger partial charge on any atom is 0.475 e. The largest absolute Gasteiger partial charge is 0.475 e. The minimum Gasteiger partial charge on any atom is -0.426 e. The van der Waals surface area contributed by atoms with Gasteiger partial charge in [0.15, 0.2) is 0 Å². The fourth-order valence-corrected chi connectivity index (χ4v) is 2.76. The van der Waals surface area contributed by atoms with Crippen LogP contribution < -0.4 is 10.6 Å². The third-order valence-electron chi connectivity index (χ3n) is 4.11. The second-order valence-electron chi connectivity index (χ2n) is 7.35. The van der Waals surface area contributed by atoms with Gasteiger partial charge in [0.05, 0.1) is 17.7 Å². The van der Waals surface area contributed by atoms with Crippen LogP contribution >= 0.6 is 0 Å². The summed E-state index contributed by atoms with van der Waals surface area (Å²) in [6.07, 6.45) is 4.15. The highest BCUT2D eigenvalue weighted by molar-refractivity contribution is 6.43. The molecular formula is C19H25BN4O5. The molecule has 0 aliphatic rings. The average Bonchev–Trinajstić information content (AvgIpc) is 2.67. The molecule has 0 saturated carbocycles. The molecule has 1 aromatic heterocycles. The SMILES string of the molecule is CC(C)(O)C[C@@H](NC(=O)[C@H](Cc1ccccc1)NC(=O)c1cnccn1)B(O)O. The molecule has 0 fully saturated rings. The quantitative estimate of drug-likeness (QED) is 0.356. The van der Waals surface area contributed by atoms with Gasteiger partial charge in [0.2, 0.25) is 5.91 Å². The van der Waals surface area contributed by atoms with Crippen LogP contribution in [0.1, 0.15) is 36.3 Å². The van der Waals surface area contributed by atoms with Crippen LogP contribution in [0.5, 0.6) is 0 Å². The van der Waals surface area contributed by atoms with Crippen molar-refractivity contribution < 1.29 is 24.7 Å². The van der Waals surface area contributed by atoms with Crippen LogP contribution in [0.3, 0.4) is 0 Å². The van der Waals surface area contributed by atoms with Crippen molar-refractivity contribution in [1.82, 2.24) is 20.6 Å². The number of rotatable bonds is 9.